The standard InChI is InChI=1S/C9H13NO3/c1-5(11)10-3-6-2-7(9(12)13)8(6)4-10/h6-8H,2-4H2,1H3,(H,12,13)/t6-,7-,8+/m1/s1. The predicted molar refractivity (Wildman–Crippen MR) is 45.0 cm³/mol. The summed E-state index contributed by atoms with van der Waals surface area (Å²) < 4.78 is 0. The fourth-order valence-corrected chi connectivity index (χ4v) is 2.45. The molecule has 1 saturated carbocycles. The van der Waals surface area contributed by atoms with E-state index in [1.807, 2.05) is 0 Å². The highest BCUT2D eigenvalue weighted by Crippen LogP contribution is 2.45. The Balaban J connectivity index is 1.99. The molecule has 4 nitrogen and oxygen atoms in total. The van der Waals surface area contributed by atoms with E-state index in [-0.39, 0.29) is 17.7 Å². The summed E-state index contributed by atoms with van der Waals surface area (Å²) in [6, 6.07) is 0. The molecule has 72 valence electrons. The van der Waals surface area contributed by atoms with Gasteiger partial charge in [-0.25, -0.2) is 0 Å². The Morgan fingerprint density at radius 2 is 2.08 bits per heavy atom. The van der Waals surface area contributed by atoms with Gasteiger partial charge in [-0.15, -0.1) is 0 Å². The van der Waals surface area contributed by atoms with Crippen LogP contribution in [0.3, 0.4) is 0 Å². The fraction of sp³-hybridized carbons (Fsp3) is 0.778. The van der Waals surface area contributed by atoms with E-state index < -0.39 is 5.97 Å². The zero-order chi connectivity index (χ0) is 9.59. The summed E-state index contributed by atoms with van der Waals surface area (Å²) in [5, 5.41) is 8.80. The smallest absolute Gasteiger partial charge is 0.306 e. The van der Waals surface area contributed by atoms with Gasteiger partial charge < -0.3 is 10.0 Å². The molecular formula is C9H13NO3. The summed E-state index contributed by atoms with van der Waals surface area (Å²) in [7, 11) is 0. The molecule has 0 unspecified atom stereocenters. The van der Waals surface area contributed by atoms with Crippen LogP contribution in [0.1, 0.15) is 13.3 Å². The lowest BCUT2D eigenvalue weighted by molar-refractivity contribution is -0.149. The highest BCUT2D eigenvalue weighted by molar-refractivity contribution is 5.75. The van der Waals surface area contributed by atoms with Crippen LogP contribution < -0.4 is 0 Å². The molecule has 0 radical (unpaired) electrons. The van der Waals surface area contributed by atoms with E-state index in [0.717, 1.165) is 13.0 Å². The van der Waals surface area contributed by atoms with E-state index in [4.69, 9.17) is 5.11 Å². The van der Waals surface area contributed by atoms with Gasteiger partial charge in [0.05, 0.1) is 5.92 Å². The van der Waals surface area contributed by atoms with E-state index in [0.29, 0.717) is 12.5 Å². The van der Waals surface area contributed by atoms with E-state index in [2.05, 4.69) is 0 Å². The van der Waals surface area contributed by atoms with Gasteiger partial charge in [-0.2, -0.15) is 0 Å². The first-order valence-electron chi connectivity index (χ1n) is 4.58. The van der Waals surface area contributed by atoms with Crippen LogP contribution in [-0.4, -0.2) is 35.0 Å². The van der Waals surface area contributed by atoms with Crippen molar-refractivity contribution >= 4 is 11.9 Å². The predicted octanol–water partition coefficient (Wildman–Crippen LogP) is 0.185. The van der Waals surface area contributed by atoms with Crippen molar-refractivity contribution in [2.24, 2.45) is 17.8 Å². The number of carboxylic acid groups (broad SMARTS) is 1. The van der Waals surface area contributed by atoms with Crippen LogP contribution in [0.4, 0.5) is 0 Å². The highest BCUT2D eigenvalue weighted by Gasteiger charge is 2.50. The number of nitrogens with zero attached hydrogens (tertiary/aromatic N) is 1. The average Bonchev–Trinajstić information content (AvgIpc) is 2.28. The molecule has 0 spiro atoms. The Morgan fingerprint density at radius 3 is 2.62 bits per heavy atom. The Labute approximate surface area is 76.5 Å². The molecule has 0 aromatic heterocycles. The third-order valence-corrected chi connectivity index (χ3v) is 3.33. The average molecular weight is 183 g/mol. The maximum absolute atomic E-state index is 11.0. The van der Waals surface area contributed by atoms with Gasteiger partial charge in [0, 0.05) is 20.0 Å². The molecule has 1 N–H and O–H groups in total. The Bertz CT molecular complexity index is 252. The molecule has 3 atom stereocenters. The van der Waals surface area contributed by atoms with E-state index in [9.17, 15) is 9.59 Å². The lowest BCUT2D eigenvalue weighted by Gasteiger charge is -2.35. The number of fused-ring (bicyclic) bond motifs is 1. The maximum Gasteiger partial charge on any atom is 0.306 e. The number of hydrogen-bond acceptors (Lipinski definition) is 2. The monoisotopic (exact) mass is 183 g/mol. The molecule has 13 heavy (non-hydrogen) atoms. The van der Waals surface area contributed by atoms with Gasteiger partial charge in [0.25, 0.3) is 0 Å². The number of carbonyl (C=O) groups excluding carboxylic acids is 1. The number of hydrogen-bond donors (Lipinski definition) is 1. The number of amides is 1. The third-order valence-electron chi connectivity index (χ3n) is 3.33. The molecule has 2 fully saturated rings. The quantitative estimate of drug-likeness (QED) is 0.631. The van der Waals surface area contributed by atoms with Gasteiger partial charge >= 0.3 is 5.97 Å². The van der Waals surface area contributed by atoms with Gasteiger partial charge in [-0.05, 0) is 18.3 Å². The van der Waals surface area contributed by atoms with Crippen molar-refractivity contribution in [3.8, 4) is 0 Å². The molecule has 1 aliphatic carbocycles. The third kappa shape index (κ3) is 1.20. The number of aliphatic carboxylic acids is 1. The van der Waals surface area contributed by atoms with Gasteiger partial charge in [-0.1, -0.05) is 0 Å². The van der Waals surface area contributed by atoms with E-state index in [1.165, 1.54) is 0 Å². The largest absolute Gasteiger partial charge is 0.481 e. The molecule has 0 aromatic rings. The van der Waals surface area contributed by atoms with Crippen LogP contribution in [0, 0.1) is 17.8 Å². The fourth-order valence-electron chi connectivity index (χ4n) is 2.45. The van der Waals surface area contributed by atoms with Crippen molar-refractivity contribution in [2.75, 3.05) is 13.1 Å². The lowest BCUT2D eigenvalue weighted by Crippen LogP contribution is -2.40. The molecule has 4 heteroatoms. The first-order chi connectivity index (χ1) is 6.09. The SMILES string of the molecule is CC(=O)N1C[C@H]2C[C@@H](C(=O)O)[C@H]2C1. The topological polar surface area (TPSA) is 57.6 Å². The Kier molecular flexibility index (Phi) is 1.78. The van der Waals surface area contributed by atoms with Crippen molar-refractivity contribution in [1.82, 2.24) is 4.90 Å². The van der Waals surface area contributed by atoms with Gasteiger partial charge in [-0.3, -0.25) is 9.59 Å². The lowest BCUT2D eigenvalue weighted by atomic mass is 9.67. The molecule has 1 saturated heterocycles. The minimum absolute atomic E-state index is 0.0681. The highest BCUT2D eigenvalue weighted by atomic mass is 16.4. The molecular weight excluding hydrogens is 170 g/mol. The van der Waals surface area contributed by atoms with Gasteiger partial charge in [0.15, 0.2) is 0 Å². The van der Waals surface area contributed by atoms with Crippen molar-refractivity contribution in [1.29, 1.82) is 0 Å². The van der Waals surface area contributed by atoms with Crippen molar-refractivity contribution < 1.29 is 14.7 Å². The van der Waals surface area contributed by atoms with Crippen LogP contribution in [0.25, 0.3) is 0 Å². The van der Waals surface area contributed by atoms with Crippen molar-refractivity contribution in [2.45, 2.75) is 13.3 Å². The molecule has 1 amide bonds. The number of rotatable bonds is 1. The van der Waals surface area contributed by atoms with E-state index >= 15 is 0 Å². The number of carbonyl (C=O) groups is 2. The zero-order valence-corrected chi connectivity index (χ0v) is 7.56. The summed E-state index contributed by atoms with van der Waals surface area (Å²) in [5.74, 6) is -0.161. The Morgan fingerprint density at radius 1 is 1.38 bits per heavy atom. The van der Waals surface area contributed by atoms with Crippen LogP contribution in [-0.2, 0) is 9.59 Å². The summed E-state index contributed by atoms with van der Waals surface area (Å²) in [6.45, 7) is 2.96. The van der Waals surface area contributed by atoms with Crippen molar-refractivity contribution in [3.63, 3.8) is 0 Å². The number of likely N-dealkylation sites (tertiary alicyclic amines) is 1. The number of carboxylic acids is 1. The van der Waals surface area contributed by atoms with Crippen LogP contribution in [0.15, 0.2) is 0 Å². The minimum Gasteiger partial charge on any atom is -0.481 e. The Hall–Kier alpha value is -1.06. The summed E-state index contributed by atoms with van der Waals surface area (Å²) in [4.78, 5) is 23.5. The molecule has 2 aliphatic rings. The van der Waals surface area contributed by atoms with Gasteiger partial charge in [0.1, 0.15) is 0 Å². The second-order valence-electron chi connectivity index (χ2n) is 4.03. The molecule has 1 aliphatic heterocycles. The first kappa shape index (κ1) is 8.53. The zero-order valence-electron chi connectivity index (χ0n) is 7.56. The molecule has 0 bridgehead atoms. The molecule has 1 heterocycles. The second-order valence-corrected chi connectivity index (χ2v) is 4.03. The summed E-state index contributed by atoms with van der Waals surface area (Å²) in [6.07, 6.45) is 0.754. The molecule has 0 aromatic carbocycles. The molecule has 2 rings (SSSR count). The van der Waals surface area contributed by atoms with E-state index in [1.54, 1.807) is 11.8 Å². The van der Waals surface area contributed by atoms with Crippen LogP contribution >= 0.6 is 0 Å². The second kappa shape index (κ2) is 2.72. The summed E-state index contributed by atoms with van der Waals surface area (Å²) >= 11 is 0. The van der Waals surface area contributed by atoms with Crippen molar-refractivity contribution in [3.05, 3.63) is 0 Å². The normalized spacial score (nSPS) is 36.7. The summed E-state index contributed by atoms with van der Waals surface area (Å²) in [5.41, 5.74) is 0. The van der Waals surface area contributed by atoms with Gasteiger partial charge in [0.2, 0.25) is 5.91 Å². The maximum atomic E-state index is 11.0. The van der Waals surface area contributed by atoms with Crippen LogP contribution in [0.2, 0.25) is 0 Å². The first-order valence-corrected chi connectivity index (χ1v) is 4.58. The van der Waals surface area contributed by atoms with Crippen LogP contribution in [0.5, 0.6) is 0 Å². The minimum atomic E-state index is -0.702.